The molecule has 0 aliphatic heterocycles. The van der Waals surface area contributed by atoms with Crippen LogP contribution in [0.4, 0.5) is 22.7 Å². The maximum Gasteiger partial charge on any atom is 0.0861 e. The number of nitrogens with zero attached hydrogens (tertiary/aromatic N) is 2. The van der Waals surface area contributed by atoms with Crippen molar-refractivity contribution in [3.8, 4) is 0 Å². The quantitative estimate of drug-likeness (QED) is 0.513. The molecule has 2 rings (SSSR count). The second-order valence-electron chi connectivity index (χ2n) is 4.12. The van der Waals surface area contributed by atoms with Gasteiger partial charge >= 0.3 is 0 Å². The summed E-state index contributed by atoms with van der Waals surface area (Å²) >= 11 is -2.33. The zero-order valence-corrected chi connectivity index (χ0v) is 11.6. The van der Waals surface area contributed by atoms with Gasteiger partial charge in [-0.15, -0.1) is 0 Å². The minimum absolute atomic E-state index is 0.473. The summed E-state index contributed by atoms with van der Waals surface area (Å²) in [5.74, 6) is 0. The predicted octanol–water partition coefficient (Wildman–Crippen LogP) is 3.20. The fourth-order valence-corrected chi connectivity index (χ4v) is 1.86. The van der Waals surface area contributed by atoms with Crippen molar-refractivity contribution in [2.24, 2.45) is 10.2 Å². The maximum atomic E-state index is 10.5. The highest BCUT2D eigenvalue weighted by Gasteiger charge is 1.96. The summed E-state index contributed by atoms with van der Waals surface area (Å²) in [4.78, 5) is 0. The predicted molar refractivity (Wildman–Crippen MR) is 78.8 cm³/mol. The van der Waals surface area contributed by atoms with E-state index in [4.69, 9.17) is 5.73 Å². The van der Waals surface area contributed by atoms with Crippen LogP contribution in [0.15, 0.2) is 52.7 Å². The molecule has 2 aromatic rings. The molecular formula is C13H13N4O2S-. The molecular weight excluding hydrogens is 276 g/mol. The molecule has 0 aliphatic rings. The number of hydrogen-bond donors (Lipinski definition) is 2. The Labute approximate surface area is 119 Å². The second kappa shape index (κ2) is 6.27. The van der Waals surface area contributed by atoms with Gasteiger partial charge in [-0.2, -0.15) is 10.2 Å². The molecule has 0 spiro atoms. The van der Waals surface area contributed by atoms with Gasteiger partial charge in [0.25, 0.3) is 0 Å². The number of anilines is 2. The molecule has 0 aromatic heterocycles. The summed E-state index contributed by atoms with van der Waals surface area (Å²) in [6, 6.07) is 12.0. The molecule has 1 atom stereocenters. The molecule has 7 heteroatoms. The Kier molecular flexibility index (Phi) is 4.44. The Morgan fingerprint density at radius 2 is 1.70 bits per heavy atom. The lowest BCUT2D eigenvalue weighted by Gasteiger charge is -2.07. The molecule has 0 heterocycles. The van der Waals surface area contributed by atoms with E-state index in [0.717, 1.165) is 5.56 Å². The highest BCUT2D eigenvalue weighted by molar-refractivity contribution is 7.80. The van der Waals surface area contributed by atoms with Crippen LogP contribution in [0.25, 0.3) is 0 Å². The molecule has 3 N–H and O–H groups in total. The molecule has 0 aliphatic carbocycles. The first-order valence-electron chi connectivity index (χ1n) is 5.78. The minimum Gasteiger partial charge on any atom is -0.755 e. The largest absolute Gasteiger partial charge is 0.755 e. The molecule has 0 saturated heterocycles. The van der Waals surface area contributed by atoms with Crippen molar-refractivity contribution < 1.29 is 8.76 Å². The molecule has 20 heavy (non-hydrogen) atoms. The van der Waals surface area contributed by atoms with Gasteiger partial charge in [0, 0.05) is 22.6 Å². The lowest BCUT2D eigenvalue weighted by atomic mass is 10.2. The van der Waals surface area contributed by atoms with Gasteiger partial charge in [0.15, 0.2) is 0 Å². The number of hydrogen-bond acceptors (Lipinski definition) is 5. The van der Waals surface area contributed by atoms with E-state index >= 15 is 0 Å². The minimum atomic E-state index is -2.33. The molecule has 0 fully saturated rings. The van der Waals surface area contributed by atoms with E-state index in [1.807, 2.05) is 13.0 Å². The van der Waals surface area contributed by atoms with Gasteiger partial charge in [0.05, 0.1) is 11.4 Å². The first-order valence-corrected chi connectivity index (χ1v) is 6.86. The van der Waals surface area contributed by atoms with Gasteiger partial charge in [0.1, 0.15) is 0 Å². The lowest BCUT2D eigenvalue weighted by Crippen LogP contribution is -2.01. The zero-order valence-electron chi connectivity index (χ0n) is 10.7. The topological polar surface area (TPSA) is 103 Å². The Hall–Kier alpha value is -2.25. The van der Waals surface area contributed by atoms with Crippen molar-refractivity contribution in [1.82, 2.24) is 0 Å². The van der Waals surface area contributed by atoms with E-state index in [-0.39, 0.29) is 0 Å². The summed E-state index contributed by atoms with van der Waals surface area (Å²) in [5.41, 5.74) is 9.19. The summed E-state index contributed by atoms with van der Waals surface area (Å²) in [5, 5.41) is 8.17. The first kappa shape index (κ1) is 14.2. The summed E-state index contributed by atoms with van der Waals surface area (Å²) in [7, 11) is 0. The van der Waals surface area contributed by atoms with Crippen molar-refractivity contribution in [3.63, 3.8) is 0 Å². The summed E-state index contributed by atoms with van der Waals surface area (Å²) in [6.45, 7) is 1.90. The molecule has 6 nitrogen and oxygen atoms in total. The first-order chi connectivity index (χ1) is 9.54. The van der Waals surface area contributed by atoms with Crippen LogP contribution in [0.1, 0.15) is 5.56 Å². The van der Waals surface area contributed by atoms with E-state index < -0.39 is 11.3 Å². The summed E-state index contributed by atoms with van der Waals surface area (Å²) < 4.78 is 23.2. The van der Waals surface area contributed by atoms with Crippen LogP contribution in [-0.4, -0.2) is 8.76 Å². The lowest BCUT2D eigenvalue weighted by molar-refractivity contribution is 0.542. The molecule has 0 bridgehead atoms. The average molecular weight is 289 g/mol. The molecule has 0 saturated carbocycles. The average Bonchev–Trinajstić information content (AvgIpc) is 2.41. The third-order valence-electron chi connectivity index (χ3n) is 2.60. The van der Waals surface area contributed by atoms with Gasteiger partial charge in [-0.1, -0.05) is 0 Å². The highest BCUT2D eigenvalue weighted by atomic mass is 32.2. The third-order valence-corrected chi connectivity index (χ3v) is 3.01. The summed E-state index contributed by atoms with van der Waals surface area (Å²) in [6.07, 6.45) is 0. The van der Waals surface area contributed by atoms with E-state index in [1.54, 1.807) is 36.4 Å². The Bertz CT molecular complexity index is 656. The highest BCUT2D eigenvalue weighted by Crippen LogP contribution is 2.23. The second-order valence-corrected chi connectivity index (χ2v) is 4.80. The van der Waals surface area contributed by atoms with Crippen molar-refractivity contribution in [3.05, 3.63) is 48.0 Å². The van der Waals surface area contributed by atoms with Crippen molar-refractivity contribution in [1.29, 1.82) is 0 Å². The van der Waals surface area contributed by atoms with E-state index in [2.05, 4.69) is 15.0 Å². The van der Waals surface area contributed by atoms with Crippen molar-refractivity contribution in [2.75, 3.05) is 10.5 Å². The SMILES string of the molecule is Cc1cc(N=Nc2ccc(NS(=O)[O-])cc2)ccc1N. The molecule has 1 unspecified atom stereocenters. The fourth-order valence-electron chi connectivity index (χ4n) is 1.53. The van der Waals surface area contributed by atoms with E-state index in [1.165, 1.54) is 0 Å². The molecule has 104 valence electrons. The van der Waals surface area contributed by atoms with Gasteiger partial charge in [-0.25, -0.2) is 0 Å². The molecule has 2 aromatic carbocycles. The number of rotatable bonds is 4. The third kappa shape index (κ3) is 3.87. The van der Waals surface area contributed by atoms with Gasteiger partial charge in [0.2, 0.25) is 0 Å². The smallest absolute Gasteiger partial charge is 0.0861 e. The number of aryl methyl sites for hydroxylation is 1. The van der Waals surface area contributed by atoms with E-state index in [9.17, 15) is 8.76 Å². The Morgan fingerprint density at radius 1 is 1.10 bits per heavy atom. The fraction of sp³-hybridized carbons (Fsp3) is 0.0769. The van der Waals surface area contributed by atoms with E-state index in [0.29, 0.717) is 22.7 Å². The van der Waals surface area contributed by atoms with Crippen LogP contribution in [0.2, 0.25) is 0 Å². The molecule has 0 amide bonds. The van der Waals surface area contributed by atoms with Crippen LogP contribution in [-0.2, 0) is 11.3 Å². The van der Waals surface area contributed by atoms with Crippen LogP contribution >= 0.6 is 0 Å². The number of nitrogen functional groups attached to an aromatic ring is 1. The van der Waals surface area contributed by atoms with Gasteiger partial charge < -0.3 is 15.0 Å². The number of benzene rings is 2. The van der Waals surface area contributed by atoms with Crippen LogP contribution < -0.4 is 10.5 Å². The van der Waals surface area contributed by atoms with Crippen LogP contribution in [0.3, 0.4) is 0 Å². The Balaban J connectivity index is 2.10. The number of nitrogens with one attached hydrogen (secondary N) is 1. The zero-order chi connectivity index (χ0) is 14.5. The van der Waals surface area contributed by atoms with Crippen molar-refractivity contribution >= 4 is 34.0 Å². The van der Waals surface area contributed by atoms with Crippen molar-refractivity contribution in [2.45, 2.75) is 6.92 Å². The van der Waals surface area contributed by atoms with Gasteiger partial charge in [-0.05, 0) is 55.0 Å². The van der Waals surface area contributed by atoms with Crippen LogP contribution in [0.5, 0.6) is 0 Å². The normalized spacial score (nSPS) is 12.5. The number of nitrogens with two attached hydrogens (primary N) is 1. The standard InChI is InChI=1S/C13H14N4O2S/c1-9-8-12(6-7-13(9)14)16-15-10-2-4-11(5-3-10)17-20(18)19/h2-8,17H,14H2,1H3,(H,18,19)/p-1. The maximum absolute atomic E-state index is 10.5. The van der Waals surface area contributed by atoms with Gasteiger partial charge in [-0.3, -0.25) is 4.21 Å². The molecule has 0 radical (unpaired) electrons. The van der Waals surface area contributed by atoms with Crippen LogP contribution in [0, 0.1) is 6.92 Å². The number of azo groups is 1. The monoisotopic (exact) mass is 289 g/mol. The Morgan fingerprint density at radius 3 is 2.30 bits per heavy atom.